The van der Waals surface area contributed by atoms with Crippen LogP contribution in [0.15, 0.2) is 35.3 Å². The van der Waals surface area contributed by atoms with Crippen LogP contribution < -0.4 is 69.8 Å². The topological polar surface area (TPSA) is 738 Å². The van der Waals surface area contributed by atoms with Crippen LogP contribution in [0.2, 0.25) is 0 Å². The lowest BCUT2D eigenvalue weighted by Crippen LogP contribution is -2.59. The summed E-state index contributed by atoms with van der Waals surface area (Å²) in [6.45, 7) is -1.28. The highest BCUT2D eigenvalue weighted by atomic mass is 33.1. The zero-order valence-corrected chi connectivity index (χ0v) is 63.1. The maximum atomic E-state index is 14.7. The van der Waals surface area contributed by atoms with E-state index in [-0.39, 0.29) is 48.6 Å². The fraction of sp³-hybridized carbons (Fsp3) is 0.636. The van der Waals surface area contributed by atoms with E-state index in [1.807, 2.05) is 0 Å². The van der Waals surface area contributed by atoms with Crippen LogP contribution in [0.1, 0.15) is 120 Å². The van der Waals surface area contributed by atoms with Crippen molar-refractivity contribution in [3.8, 4) is 0 Å². The fourth-order valence-electron chi connectivity index (χ4n) is 10.3. The first-order valence-electron chi connectivity index (χ1n) is 35.4. The molecule has 2 heterocycles. The SMILES string of the molecule is CSSC[C@@H](C)NC(=O)[C@H](CCC(=O)NCC[C@@H](O)[C@H](O)[C@H](O)CO)NC(=O)[C@H](CCC(=O)O)NC(=O)[C@H](CCC(=O)NC[C@H](O)[C@@H](O)[C@H](O)[C@H](O)CO)NC(=O)[C@H](CCC(=O)O)NC(=O)[C@H](CCC(=O)NC[C@H](O)[C@@H](O)C[C@H](O)CO)NC(=O)CC[C@@H](C)NC(=O)c1ccc(NCc2cnc3nc(N)[nH]c(=O)c3n2)cc1. The highest BCUT2D eigenvalue weighted by Crippen LogP contribution is 2.19. The smallest absolute Gasteiger partial charge is 0.303 e. The summed E-state index contributed by atoms with van der Waals surface area (Å²) in [6.07, 6.45) is -23.8. The summed E-state index contributed by atoms with van der Waals surface area (Å²) in [5.74, 6) is -13.4. The summed E-state index contributed by atoms with van der Waals surface area (Å²) in [6, 6.07) is -4.76. The quantitative estimate of drug-likeness (QED) is 0.0233. The second-order valence-corrected chi connectivity index (χ2v) is 28.7. The number of aromatic nitrogens is 4. The Morgan fingerprint density at radius 1 is 0.491 bits per heavy atom. The first-order valence-corrected chi connectivity index (χ1v) is 38.1. The molecule has 0 aliphatic rings. The number of nitrogens with zero attached hydrogens (tertiary/aromatic N) is 3. The number of carboxylic acids is 2. The molecule has 0 spiro atoms. The van der Waals surface area contributed by atoms with E-state index in [1.165, 1.54) is 39.9 Å². The van der Waals surface area contributed by atoms with Gasteiger partial charge in [-0.1, -0.05) is 21.6 Å². The van der Waals surface area contributed by atoms with Gasteiger partial charge in [0.15, 0.2) is 11.2 Å². The van der Waals surface area contributed by atoms with Crippen LogP contribution in [-0.4, -0.2) is 322 Å². The molecule has 10 amide bonds. The molecule has 29 N–H and O–H groups in total. The number of H-pyrrole nitrogens is 1. The molecule has 0 fully saturated rings. The molecule has 0 aliphatic carbocycles. The zero-order valence-electron chi connectivity index (χ0n) is 61.5. The summed E-state index contributed by atoms with van der Waals surface area (Å²) >= 11 is 0. The van der Waals surface area contributed by atoms with Gasteiger partial charge in [-0.25, -0.2) is 9.97 Å². The van der Waals surface area contributed by atoms with Crippen molar-refractivity contribution in [1.29, 1.82) is 0 Å². The molecule has 0 unspecified atom stereocenters. The lowest BCUT2D eigenvalue weighted by molar-refractivity contribution is -0.139. The molecule has 3 aromatic rings. The molecule has 46 heteroatoms. The van der Waals surface area contributed by atoms with E-state index < -0.39 is 290 Å². The number of hydrogen-bond donors (Lipinski definition) is 28. The number of aliphatic hydroxyl groups is 13. The van der Waals surface area contributed by atoms with E-state index in [0.29, 0.717) is 17.1 Å². The highest BCUT2D eigenvalue weighted by Gasteiger charge is 2.36. The van der Waals surface area contributed by atoms with Crippen molar-refractivity contribution in [3.05, 3.63) is 52.1 Å². The second-order valence-electron chi connectivity index (χ2n) is 26.1. The summed E-state index contributed by atoms with van der Waals surface area (Å²) < 4.78 is 0. The molecule has 0 bridgehead atoms. The molecular weight excluding hydrogens is 1530 g/mol. The van der Waals surface area contributed by atoms with Crippen LogP contribution in [0, 0.1) is 0 Å². The number of carbonyl (C=O) groups is 12. The van der Waals surface area contributed by atoms with Gasteiger partial charge in [-0.2, -0.15) is 4.98 Å². The van der Waals surface area contributed by atoms with Crippen LogP contribution in [0.5, 0.6) is 0 Å². The fourth-order valence-corrected chi connectivity index (χ4v) is 11.7. The Kier molecular flexibility index (Phi) is 44.0. The molecule has 0 saturated carbocycles. The molecule has 0 saturated heterocycles. The van der Waals surface area contributed by atoms with Crippen molar-refractivity contribution in [2.75, 3.05) is 62.5 Å². The monoisotopic (exact) mass is 1630 g/mol. The van der Waals surface area contributed by atoms with Crippen molar-refractivity contribution in [1.82, 2.24) is 73.1 Å². The number of nitrogen functional groups attached to an aromatic ring is 1. The molecule has 2 aromatic heterocycles. The number of carboxylic acid groups (broad SMARTS) is 2. The molecule has 628 valence electrons. The van der Waals surface area contributed by atoms with Gasteiger partial charge in [0.25, 0.3) is 11.5 Å². The summed E-state index contributed by atoms with van der Waals surface area (Å²) in [4.78, 5) is 190. The lowest BCUT2D eigenvalue weighted by Gasteiger charge is -2.27. The van der Waals surface area contributed by atoms with Crippen LogP contribution in [0.25, 0.3) is 11.2 Å². The van der Waals surface area contributed by atoms with Crippen LogP contribution in [-0.2, 0) is 59.3 Å². The summed E-state index contributed by atoms with van der Waals surface area (Å²) in [5.41, 5.74) is 6.07. The molecule has 112 heavy (non-hydrogen) atoms. The van der Waals surface area contributed by atoms with E-state index in [9.17, 15) is 134 Å². The van der Waals surface area contributed by atoms with E-state index in [2.05, 4.69) is 78.4 Å². The number of rotatable bonds is 55. The predicted molar refractivity (Wildman–Crippen MR) is 397 cm³/mol. The number of anilines is 2. The first kappa shape index (κ1) is 97.1. The molecule has 44 nitrogen and oxygen atoms in total. The minimum Gasteiger partial charge on any atom is -0.481 e. The van der Waals surface area contributed by atoms with Crippen molar-refractivity contribution in [2.45, 2.75) is 214 Å². The molecule has 0 radical (unpaired) electrons. The number of benzene rings is 1. The Morgan fingerprint density at radius 3 is 1.44 bits per heavy atom. The number of aromatic amines is 1. The second kappa shape index (κ2) is 50.8. The van der Waals surface area contributed by atoms with Crippen LogP contribution in [0.4, 0.5) is 11.6 Å². The number of carbonyl (C=O) groups excluding carboxylic acids is 10. The van der Waals surface area contributed by atoms with E-state index in [4.69, 9.17) is 10.8 Å². The minimum absolute atomic E-state index is 0.0390. The number of nitrogens with two attached hydrogens (primary N) is 1. The lowest BCUT2D eigenvalue weighted by atomic mass is 10.0. The third kappa shape index (κ3) is 36.1. The maximum absolute atomic E-state index is 14.7. The Bertz CT molecular complexity index is 3620. The molecule has 17 atom stereocenters. The number of aliphatic carboxylic acids is 2. The number of amides is 10. The Morgan fingerprint density at radius 2 is 0.946 bits per heavy atom. The Labute approximate surface area is 648 Å². The van der Waals surface area contributed by atoms with Crippen LogP contribution >= 0.6 is 21.6 Å². The maximum Gasteiger partial charge on any atom is 0.303 e. The van der Waals surface area contributed by atoms with Crippen molar-refractivity contribution in [3.63, 3.8) is 0 Å². The van der Waals surface area contributed by atoms with Gasteiger partial charge in [0, 0.05) is 93.7 Å². The molecule has 0 aliphatic heterocycles. The van der Waals surface area contributed by atoms with Gasteiger partial charge >= 0.3 is 11.9 Å². The van der Waals surface area contributed by atoms with Crippen LogP contribution in [0.3, 0.4) is 0 Å². The van der Waals surface area contributed by atoms with Gasteiger partial charge in [0.05, 0.1) is 68.8 Å². The van der Waals surface area contributed by atoms with Gasteiger partial charge in [-0.05, 0) is 89.3 Å². The number of aliphatic hydroxyl groups excluding tert-OH is 13. The van der Waals surface area contributed by atoms with Crippen molar-refractivity contribution < 1.29 is 134 Å². The summed E-state index contributed by atoms with van der Waals surface area (Å²) in [5, 5.41) is 175. The highest BCUT2D eigenvalue weighted by molar-refractivity contribution is 8.76. The van der Waals surface area contributed by atoms with E-state index >= 15 is 0 Å². The normalized spacial score (nSPS) is 16.0. The third-order valence-corrected chi connectivity index (χ3v) is 18.8. The zero-order chi connectivity index (χ0) is 83.9. The molecule has 1 aromatic carbocycles. The number of fused-ring (bicyclic) bond motifs is 1. The molecular formula is C66H104N16O28S2. The van der Waals surface area contributed by atoms with Gasteiger partial charge in [-0.3, -0.25) is 67.3 Å². The van der Waals surface area contributed by atoms with E-state index in [0.717, 1.165) is 0 Å². The largest absolute Gasteiger partial charge is 0.481 e. The van der Waals surface area contributed by atoms with E-state index in [1.54, 1.807) is 32.2 Å². The third-order valence-electron chi connectivity index (χ3n) is 16.8. The van der Waals surface area contributed by atoms with Crippen molar-refractivity contribution in [2.24, 2.45) is 0 Å². The number of nitrogens with one attached hydrogen (secondary N) is 12. The summed E-state index contributed by atoms with van der Waals surface area (Å²) in [7, 11) is 2.70. The van der Waals surface area contributed by atoms with Gasteiger partial charge in [-0.15, -0.1) is 0 Å². The average Bonchev–Trinajstić information content (AvgIpc) is 0.809. The van der Waals surface area contributed by atoms with Gasteiger partial charge < -0.3 is 141 Å². The standard InChI is InChI=1S/C66H104N16O28S2/c1-31(73-59(104)33-5-7-34(8-6-33)69-23-35-24-72-58-54(75-35)65(110)82-66(67)81-58)4-14-51(96)76-37(9-16-49(94)70-25-44(89)43(88)22-36(86)27-83)61(106)79-40(12-18-52(97)98)64(109)78-39(11-17-50(95)71-26-45(90)56(102)57(103)47(92)29-85)62(107)80-41(13-19-53(99)100)63(108)77-38(60(105)74-32(2)30-112-111-3)10-15-48(93)68-21-20-42(87)55(101)46(91)28-84/h5-8,24,31-32,36-47,55-57,69,83-92,101-103H,4,9-23,25-30H2,1-3H3,(H,68,93)(H,70,94)(H,71,95)(H,73,104)(H,74,105)(H,76,96)(H,77,108)(H,78,109)(H,79,106)(H,80,107)(H,97,98)(H,99,100)(H3,67,72,81,82,110)/t31-,32-,36+,37+,38+,39+,40+,41+,42-,43+,44+,45+,46-,47-,55+,56-,57-/m1/s1. The minimum atomic E-state index is -2.17. The average molecular weight is 1630 g/mol. The molecule has 3 rings (SSSR count). The Hall–Kier alpha value is -9.14. The predicted octanol–water partition coefficient (Wildman–Crippen LogP) is -9.47. The van der Waals surface area contributed by atoms with Crippen molar-refractivity contribution >= 4 is 115 Å². The number of hydrogen-bond acceptors (Lipinski definition) is 33. The first-order chi connectivity index (χ1) is 52.9. The van der Waals surface area contributed by atoms with Gasteiger partial charge in [0.2, 0.25) is 59.1 Å². The Balaban J connectivity index is 1.99. The van der Waals surface area contributed by atoms with Gasteiger partial charge in [0.1, 0.15) is 60.7 Å².